The largest absolute Gasteiger partial charge is 0.254 e. The van der Waals surface area contributed by atoms with Gasteiger partial charge >= 0.3 is 0 Å². The van der Waals surface area contributed by atoms with Gasteiger partial charge in [0.1, 0.15) is 5.25 Å². The molecule has 0 fully saturated rings. The highest BCUT2D eigenvalue weighted by Crippen LogP contribution is 2.39. The smallest absolute Gasteiger partial charge is 0.134 e. The van der Waals surface area contributed by atoms with E-state index in [0.29, 0.717) is 5.02 Å². The van der Waals surface area contributed by atoms with Crippen molar-refractivity contribution in [3.63, 3.8) is 0 Å². The quantitative estimate of drug-likeness (QED) is 0.788. The van der Waals surface area contributed by atoms with Crippen LogP contribution in [-0.2, 0) is 0 Å². The number of nitrogens with zero attached hydrogens (tertiary/aromatic N) is 2. The molecular weight excluding hydrogens is 240 g/mol. The van der Waals surface area contributed by atoms with Crippen molar-refractivity contribution in [3.05, 3.63) is 23.2 Å². The molecule has 1 atom stereocenters. The van der Waals surface area contributed by atoms with Gasteiger partial charge in [0.15, 0.2) is 0 Å². The van der Waals surface area contributed by atoms with Crippen molar-refractivity contribution in [2.24, 2.45) is 4.99 Å². The number of nitriles is 1. The lowest BCUT2D eigenvalue weighted by Crippen LogP contribution is -2.17. The lowest BCUT2D eigenvalue weighted by molar-refractivity contribution is 0.976. The molecule has 16 heavy (non-hydrogen) atoms. The van der Waals surface area contributed by atoms with Gasteiger partial charge in [0, 0.05) is 15.6 Å². The fraction of sp³-hybridized carbons (Fsp3) is 0.333. The van der Waals surface area contributed by atoms with E-state index in [2.05, 4.69) is 18.0 Å². The standard InChI is InChI=1S/C12H11ClN2S/c1-2-3-9-12(7-14)16-11-6-8(13)4-5-10(11)15-9/h4-6,12H,2-3H2,1H3. The normalized spacial score (nSPS) is 18.6. The zero-order valence-electron chi connectivity index (χ0n) is 8.90. The maximum atomic E-state index is 9.10. The SMILES string of the molecule is CCCC1=Nc2ccc(Cl)cc2SC1C#N. The number of rotatable bonds is 2. The first-order valence-electron chi connectivity index (χ1n) is 5.18. The van der Waals surface area contributed by atoms with Crippen molar-refractivity contribution in [1.82, 2.24) is 0 Å². The molecular formula is C12H11ClN2S. The lowest BCUT2D eigenvalue weighted by atomic mass is 10.1. The molecule has 0 aliphatic carbocycles. The molecule has 0 spiro atoms. The number of halogens is 1. The van der Waals surface area contributed by atoms with Gasteiger partial charge in [0.05, 0.1) is 11.8 Å². The Morgan fingerprint density at radius 2 is 2.38 bits per heavy atom. The average Bonchev–Trinajstić information content (AvgIpc) is 2.29. The molecule has 0 amide bonds. The molecule has 1 aliphatic rings. The molecule has 1 heterocycles. The fourth-order valence-electron chi connectivity index (χ4n) is 1.63. The first kappa shape index (κ1) is 11.5. The summed E-state index contributed by atoms with van der Waals surface area (Å²) in [6.07, 6.45) is 1.90. The topological polar surface area (TPSA) is 36.1 Å². The molecule has 1 unspecified atom stereocenters. The monoisotopic (exact) mass is 250 g/mol. The van der Waals surface area contributed by atoms with Crippen LogP contribution < -0.4 is 0 Å². The van der Waals surface area contributed by atoms with Crippen LogP contribution in [0.15, 0.2) is 28.1 Å². The van der Waals surface area contributed by atoms with Crippen molar-refractivity contribution in [1.29, 1.82) is 5.26 Å². The molecule has 2 rings (SSSR count). The van der Waals surface area contributed by atoms with E-state index in [1.165, 1.54) is 0 Å². The van der Waals surface area contributed by atoms with E-state index < -0.39 is 0 Å². The van der Waals surface area contributed by atoms with Crippen molar-refractivity contribution < 1.29 is 0 Å². The molecule has 0 bridgehead atoms. The van der Waals surface area contributed by atoms with E-state index in [4.69, 9.17) is 16.9 Å². The van der Waals surface area contributed by atoms with Crippen LogP contribution in [0.1, 0.15) is 19.8 Å². The highest BCUT2D eigenvalue weighted by molar-refractivity contribution is 8.01. The number of aliphatic imine (C=N–C) groups is 1. The highest BCUT2D eigenvalue weighted by atomic mass is 35.5. The molecule has 0 N–H and O–H groups in total. The Labute approximate surface area is 104 Å². The van der Waals surface area contributed by atoms with Gasteiger partial charge in [-0.05, 0) is 24.6 Å². The van der Waals surface area contributed by atoms with E-state index in [9.17, 15) is 0 Å². The predicted molar refractivity (Wildman–Crippen MR) is 68.7 cm³/mol. The van der Waals surface area contributed by atoms with Crippen LogP contribution in [0, 0.1) is 11.3 Å². The van der Waals surface area contributed by atoms with Gasteiger partial charge < -0.3 is 0 Å². The summed E-state index contributed by atoms with van der Waals surface area (Å²) in [5.74, 6) is 0. The molecule has 2 nitrogen and oxygen atoms in total. The molecule has 0 saturated carbocycles. The third-order valence-electron chi connectivity index (χ3n) is 2.36. The van der Waals surface area contributed by atoms with Crippen molar-refractivity contribution >= 4 is 34.8 Å². The van der Waals surface area contributed by atoms with Crippen LogP contribution >= 0.6 is 23.4 Å². The number of hydrogen-bond donors (Lipinski definition) is 0. The Morgan fingerprint density at radius 1 is 1.56 bits per heavy atom. The van der Waals surface area contributed by atoms with Gasteiger partial charge in [-0.25, -0.2) is 0 Å². The minimum atomic E-state index is -0.161. The minimum Gasteiger partial charge on any atom is -0.254 e. The fourth-order valence-corrected chi connectivity index (χ4v) is 2.91. The average molecular weight is 251 g/mol. The summed E-state index contributed by atoms with van der Waals surface area (Å²) in [6, 6.07) is 7.91. The summed E-state index contributed by atoms with van der Waals surface area (Å²) >= 11 is 7.46. The van der Waals surface area contributed by atoms with Gasteiger partial charge in [0.2, 0.25) is 0 Å². The summed E-state index contributed by atoms with van der Waals surface area (Å²) < 4.78 is 0. The van der Waals surface area contributed by atoms with Crippen LogP contribution in [0.25, 0.3) is 0 Å². The second-order valence-electron chi connectivity index (χ2n) is 3.59. The van der Waals surface area contributed by atoms with E-state index in [-0.39, 0.29) is 5.25 Å². The van der Waals surface area contributed by atoms with Crippen LogP contribution in [0.4, 0.5) is 5.69 Å². The first-order chi connectivity index (χ1) is 7.74. The summed E-state index contributed by atoms with van der Waals surface area (Å²) in [4.78, 5) is 5.54. The zero-order chi connectivity index (χ0) is 11.5. The van der Waals surface area contributed by atoms with Crippen LogP contribution in [0.5, 0.6) is 0 Å². The number of thioether (sulfide) groups is 1. The predicted octanol–water partition coefficient (Wildman–Crippen LogP) is 4.21. The van der Waals surface area contributed by atoms with E-state index in [1.807, 2.05) is 18.2 Å². The lowest BCUT2D eigenvalue weighted by Gasteiger charge is -2.19. The molecule has 4 heteroatoms. The molecule has 1 aromatic carbocycles. The van der Waals surface area contributed by atoms with Crippen LogP contribution in [-0.4, -0.2) is 11.0 Å². The van der Waals surface area contributed by atoms with Crippen molar-refractivity contribution in [2.75, 3.05) is 0 Å². The van der Waals surface area contributed by atoms with E-state index >= 15 is 0 Å². The second-order valence-corrected chi connectivity index (χ2v) is 5.18. The third kappa shape index (κ3) is 2.23. The summed E-state index contributed by atoms with van der Waals surface area (Å²) in [6.45, 7) is 2.10. The zero-order valence-corrected chi connectivity index (χ0v) is 10.5. The maximum Gasteiger partial charge on any atom is 0.134 e. The number of benzene rings is 1. The Hall–Kier alpha value is -0.980. The van der Waals surface area contributed by atoms with Crippen molar-refractivity contribution in [2.45, 2.75) is 29.9 Å². The Kier molecular flexibility index (Phi) is 3.52. The molecule has 0 radical (unpaired) electrons. The van der Waals surface area contributed by atoms with Gasteiger partial charge in [-0.1, -0.05) is 36.7 Å². The van der Waals surface area contributed by atoms with Gasteiger partial charge in [0.25, 0.3) is 0 Å². The van der Waals surface area contributed by atoms with E-state index in [0.717, 1.165) is 29.1 Å². The Morgan fingerprint density at radius 3 is 3.06 bits per heavy atom. The highest BCUT2D eigenvalue weighted by Gasteiger charge is 2.23. The molecule has 0 aromatic heterocycles. The Balaban J connectivity index is 2.41. The van der Waals surface area contributed by atoms with Crippen LogP contribution in [0.3, 0.4) is 0 Å². The molecule has 1 aliphatic heterocycles. The van der Waals surface area contributed by atoms with E-state index in [1.54, 1.807) is 11.8 Å². The van der Waals surface area contributed by atoms with Gasteiger partial charge in [-0.3, -0.25) is 4.99 Å². The summed E-state index contributed by atoms with van der Waals surface area (Å²) in [5.41, 5.74) is 1.91. The van der Waals surface area contributed by atoms with Gasteiger partial charge in [-0.2, -0.15) is 5.26 Å². The summed E-state index contributed by atoms with van der Waals surface area (Å²) in [7, 11) is 0. The van der Waals surface area contributed by atoms with Crippen molar-refractivity contribution in [3.8, 4) is 6.07 Å². The first-order valence-corrected chi connectivity index (χ1v) is 6.43. The van der Waals surface area contributed by atoms with Crippen LogP contribution in [0.2, 0.25) is 5.02 Å². The number of fused-ring (bicyclic) bond motifs is 1. The molecule has 82 valence electrons. The minimum absolute atomic E-state index is 0.161. The second kappa shape index (κ2) is 4.90. The molecule has 1 aromatic rings. The molecule has 0 saturated heterocycles. The maximum absolute atomic E-state index is 9.10. The Bertz CT molecular complexity index is 476. The van der Waals surface area contributed by atoms with Gasteiger partial charge in [-0.15, -0.1) is 0 Å². The third-order valence-corrected chi connectivity index (χ3v) is 3.79. The number of hydrogen-bond acceptors (Lipinski definition) is 3. The summed E-state index contributed by atoms with van der Waals surface area (Å²) in [5, 5.41) is 9.63.